The lowest BCUT2D eigenvalue weighted by Crippen LogP contribution is -2.26. The zero-order chi connectivity index (χ0) is 20.6. The molecule has 0 unspecified atom stereocenters. The number of anilines is 2. The molecule has 3 aromatic carbocycles. The number of amides is 2. The van der Waals surface area contributed by atoms with Gasteiger partial charge >= 0.3 is 0 Å². The minimum absolute atomic E-state index is 0.0552. The molecule has 0 fully saturated rings. The summed E-state index contributed by atoms with van der Waals surface area (Å²) in [5.74, 6) is -0.506. The van der Waals surface area contributed by atoms with Gasteiger partial charge in [0.1, 0.15) is 0 Å². The van der Waals surface area contributed by atoms with Crippen molar-refractivity contribution in [3.8, 4) is 0 Å². The summed E-state index contributed by atoms with van der Waals surface area (Å²) in [5.41, 5.74) is 3.80. The van der Waals surface area contributed by atoms with Gasteiger partial charge in [-0.15, -0.1) is 0 Å². The first-order chi connectivity index (χ1) is 14.0. The minimum Gasteiger partial charge on any atom is -0.376 e. The second-order valence-electron chi connectivity index (χ2n) is 6.63. The van der Waals surface area contributed by atoms with E-state index in [2.05, 4.69) is 16.0 Å². The summed E-state index contributed by atoms with van der Waals surface area (Å²) in [7, 11) is 0. The van der Waals surface area contributed by atoms with Crippen LogP contribution in [0.2, 0.25) is 5.02 Å². The molecule has 3 N–H and O–H groups in total. The Morgan fingerprint density at radius 1 is 0.931 bits per heavy atom. The van der Waals surface area contributed by atoms with Crippen molar-refractivity contribution in [2.75, 3.05) is 17.2 Å². The largest absolute Gasteiger partial charge is 0.376 e. The predicted molar refractivity (Wildman–Crippen MR) is 117 cm³/mol. The molecule has 0 heterocycles. The maximum atomic E-state index is 12.6. The predicted octanol–water partition coefficient (Wildman–Crippen LogP) is 4.63. The second kappa shape index (κ2) is 9.75. The van der Waals surface area contributed by atoms with Crippen LogP contribution in [0.15, 0.2) is 72.8 Å². The first kappa shape index (κ1) is 20.4. The summed E-state index contributed by atoms with van der Waals surface area (Å²) < 4.78 is 0. The van der Waals surface area contributed by atoms with Crippen LogP contribution in [0.4, 0.5) is 11.4 Å². The highest BCUT2D eigenvalue weighted by Crippen LogP contribution is 2.17. The van der Waals surface area contributed by atoms with Crippen molar-refractivity contribution < 1.29 is 9.59 Å². The number of aryl methyl sites for hydroxylation is 1. The molecule has 2 amide bonds. The van der Waals surface area contributed by atoms with E-state index in [9.17, 15) is 9.59 Å². The van der Waals surface area contributed by atoms with E-state index in [1.54, 1.807) is 42.5 Å². The quantitative estimate of drug-likeness (QED) is 0.534. The highest BCUT2D eigenvalue weighted by atomic mass is 35.5. The van der Waals surface area contributed by atoms with E-state index < -0.39 is 0 Å². The fourth-order valence-corrected chi connectivity index (χ4v) is 2.94. The van der Waals surface area contributed by atoms with Gasteiger partial charge in [-0.05, 0) is 42.8 Å². The highest BCUT2D eigenvalue weighted by molar-refractivity contribution is 6.30. The molecule has 0 bridgehead atoms. The van der Waals surface area contributed by atoms with Crippen LogP contribution in [-0.4, -0.2) is 18.4 Å². The standard InChI is InChI=1S/C23H22ClN3O2/c1-16-9-11-17(12-10-16)14-26-23(29)20-7-2-3-8-21(20)27-22(28)15-25-19-6-4-5-18(24)13-19/h2-13,25H,14-15H2,1H3,(H,26,29)(H,27,28). The van der Waals surface area contributed by atoms with Gasteiger partial charge in [-0.3, -0.25) is 9.59 Å². The van der Waals surface area contributed by atoms with E-state index in [4.69, 9.17) is 11.6 Å². The van der Waals surface area contributed by atoms with E-state index in [0.29, 0.717) is 22.8 Å². The first-order valence-corrected chi connectivity index (χ1v) is 9.61. The van der Waals surface area contributed by atoms with Crippen LogP contribution in [-0.2, 0) is 11.3 Å². The lowest BCUT2D eigenvalue weighted by molar-refractivity contribution is -0.114. The van der Waals surface area contributed by atoms with Gasteiger partial charge in [-0.2, -0.15) is 0 Å². The van der Waals surface area contributed by atoms with Gasteiger partial charge in [0.15, 0.2) is 0 Å². The van der Waals surface area contributed by atoms with Crippen LogP contribution < -0.4 is 16.0 Å². The number of carbonyl (C=O) groups excluding carboxylic acids is 2. The van der Waals surface area contributed by atoms with Crippen LogP contribution in [0, 0.1) is 6.92 Å². The van der Waals surface area contributed by atoms with E-state index in [-0.39, 0.29) is 18.4 Å². The normalized spacial score (nSPS) is 10.3. The third kappa shape index (κ3) is 6.09. The molecule has 3 aromatic rings. The monoisotopic (exact) mass is 407 g/mol. The number of benzene rings is 3. The average Bonchev–Trinajstić information content (AvgIpc) is 2.72. The summed E-state index contributed by atoms with van der Waals surface area (Å²) in [6, 6.07) is 22.0. The molecular formula is C23H22ClN3O2. The number of nitrogens with one attached hydrogen (secondary N) is 3. The maximum Gasteiger partial charge on any atom is 0.253 e. The molecule has 0 radical (unpaired) electrons. The molecule has 0 aliphatic carbocycles. The molecule has 148 valence electrons. The summed E-state index contributed by atoms with van der Waals surface area (Å²) in [4.78, 5) is 24.9. The molecule has 0 aliphatic heterocycles. The van der Waals surface area contributed by atoms with Crippen molar-refractivity contribution in [2.45, 2.75) is 13.5 Å². The Bertz CT molecular complexity index is 1000. The molecular weight excluding hydrogens is 386 g/mol. The zero-order valence-corrected chi connectivity index (χ0v) is 16.8. The summed E-state index contributed by atoms with van der Waals surface area (Å²) >= 11 is 5.94. The van der Waals surface area contributed by atoms with Gasteiger partial charge in [0.05, 0.1) is 17.8 Å². The van der Waals surface area contributed by atoms with E-state index in [1.165, 1.54) is 5.56 Å². The van der Waals surface area contributed by atoms with Crippen LogP contribution in [0.25, 0.3) is 0 Å². The van der Waals surface area contributed by atoms with Crippen molar-refractivity contribution in [1.29, 1.82) is 0 Å². The molecule has 29 heavy (non-hydrogen) atoms. The third-order valence-corrected chi connectivity index (χ3v) is 4.53. The summed E-state index contributed by atoms with van der Waals surface area (Å²) in [5, 5.41) is 9.28. The average molecular weight is 408 g/mol. The van der Waals surface area contributed by atoms with Crippen molar-refractivity contribution in [2.24, 2.45) is 0 Å². The van der Waals surface area contributed by atoms with Crippen molar-refractivity contribution in [1.82, 2.24) is 5.32 Å². The van der Waals surface area contributed by atoms with Gasteiger partial charge in [-0.25, -0.2) is 0 Å². The Kier molecular flexibility index (Phi) is 6.87. The third-order valence-electron chi connectivity index (χ3n) is 4.30. The van der Waals surface area contributed by atoms with Gasteiger partial charge < -0.3 is 16.0 Å². The molecule has 0 atom stereocenters. The van der Waals surface area contributed by atoms with Crippen molar-refractivity contribution in [3.63, 3.8) is 0 Å². The number of hydrogen-bond donors (Lipinski definition) is 3. The molecule has 0 saturated carbocycles. The van der Waals surface area contributed by atoms with Crippen LogP contribution in [0.3, 0.4) is 0 Å². The fourth-order valence-electron chi connectivity index (χ4n) is 2.75. The van der Waals surface area contributed by atoms with Crippen LogP contribution in [0.1, 0.15) is 21.5 Å². The van der Waals surface area contributed by atoms with Crippen molar-refractivity contribution >= 4 is 34.8 Å². The number of hydrogen-bond acceptors (Lipinski definition) is 3. The van der Waals surface area contributed by atoms with Gasteiger partial charge in [0.2, 0.25) is 5.91 Å². The minimum atomic E-state index is -0.260. The molecule has 0 spiro atoms. The number of halogens is 1. The zero-order valence-electron chi connectivity index (χ0n) is 16.0. The molecule has 0 aromatic heterocycles. The van der Waals surface area contributed by atoms with Gasteiger partial charge in [0, 0.05) is 17.3 Å². The fraction of sp³-hybridized carbons (Fsp3) is 0.130. The molecule has 6 heteroatoms. The second-order valence-corrected chi connectivity index (χ2v) is 7.06. The molecule has 0 aliphatic rings. The van der Waals surface area contributed by atoms with Gasteiger partial charge in [0.25, 0.3) is 5.91 Å². The molecule has 5 nitrogen and oxygen atoms in total. The number of rotatable bonds is 7. The van der Waals surface area contributed by atoms with Crippen molar-refractivity contribution in [3.05, 3.63) is 94.5 Å². The smallest absolute Gasteiger partial charge is 0.253 e. The molecule has 0 saturated heterocycles. The van der Waals surface area contributed by atoms with Crippen LogP contribution >= 0.6 is 11.6 Å². The van der Waals surface area contributed by atoms with Gasteiger partial charge in [-0.1, -0.05) is 59.6 Å². The van der Waals surface area contributed by atoms with Crippen LogP contribution in [0.5, 0.6) is 0 Å². The van der Waals surface area contributed by atoms with E-state index in [0.717, 1.165) is 11.3 Å². The Labute approximate surface area is 175 Å². The lowest BCUT2D eigenvalue weighted by Gasteiger charge is -2.12. The van der Waals surface area contributed by atoms with E-state index in [1.807, 2.05) is 37.3 Å². The lowest BCUT2D eigenvalue weighted by atomic mass is 10.1. The Balaban J connectivity index is 1.59. The van der Waals surface area contributed by atoms with E-state index >= 15 is 0 Å². The Morgan fingerprint density at radius 3 is 2.45 bits per heavy atom. The molecule has 3 rings (SSSR count). The highest BCUT2D eigenvalue weighted by Gasteiger charge is 2.13. The maximum absolute atomic E-state index is 12.6. The summed E-state index contributed by atoms with van der Waals surface area (Å²) in [6.45, 7) is 2.49. The first-order valence-electron chi connectivity index (χ1n) is 9.23. The summed E-state index contributed by atoms with van der Waals surface area (Å²) in [6.07, 6.45) is 0. The number of para-hydroxylation sites is 1. The Hall–Kier alpha value is -3.31. The number of carbonyl (C=O) groups is 2. The Morgan fingerprint density at radius 2 is 1.69 bits per heavy atom. The SMILES string of the molecule is Cc1ccc(CNC(=O)c2ccccc2NC(=O)CNc2cccc(Cl)c2)cc1. The topological polar surface area (TPSA) is 70.2 Å².